The normalized spacial score (nSPS) is 27.1. The Hall–Kier alpha value is -3.34. The molecule has 4 atom stereocenters. The number of nitrogens with one attached hydrogen (secondary N) is 2. The maximum Gasteiger partial charge on any atom is 0.203 e. The molecule has 0 saturated heterocycles. The van der Waals surface area contributed by atoms with Gasteiger partial charge in [-0.1, -0.05) is 6.07 Å². The van der Waals surface area contributed by atoms with Crippen molar-refractivity contribution in [3.63, 3.8) is 0 Å². The van der Waals surface area contributed by atoms with Crippen LogP contribution in [0.4, 0.5) is 0 Å². The van der Waals surface area contributed by atoms with Crippen LogP contribution in [0.15, 0.2) is 29.8 Å². The van der Waals surface area contributed by atoms with Crippen LogP contribution in [0.2, 0.25) is 0 Å². The number of hydrogen-bond donors (Lipinski definition) is 2. The van der Waals surface area contributed by atoms with Gasteiger partial charge in [-0.2, -0.15) is 15.8 Å². The van der Waals surface area contributed by atoms with Crippen LogP contribution in [0.3, 0.4) is 0 Å². The predicted molar refractivity (Wildman–Crippen MR) is 110 cm³/mol. The first-order chi connectivity index (χ1) is 14.4. The SMILES string of the molecule is COc1ccc([C@@H]2[C@@H](C#N)C(=N)C(C#N)(C#N)C3=CC[NH+](C(C)C)C[C@@H]32)c(OC)c1. The van der Waals surface area contributed by atoms with Crippen LogP contribution in [0, 0.1) is 56.7 Å². The third kappa shape index (κ3) is 3.11. The van der Waals surface area contributed by atoms with Gasteiger partial charge in [0.05, 0.1) is 63.2 Å². The number of nitriles is 3. The van der Waals surface area contributed by atoms with E-state index in [0.29, 0.717) is 36.2 Å². The lowest BCUT2D eigenvalue weighted by Crippen LogP contribution is -3.16. The van der Waals surface area contributed by atoms with Crippen LogP contribution in [0.1, 0.15) is 25.3 Å². The summed E-state index contributed by atoms with van der Waals surface area (Å²) in [5, 5.41) is 38.7. The second-order valence-corrected chi connectivity index (χ2v) is 8.11. The molecule has 1 fully saturated rings. The van der Waals surface area contributed by atoms with Gasteiger partial charge in [0.25, 0.3) is 0 Å². The third-order valence-electron chi connectivity index (χ3n) is 6.50. The van der Waals surface area contributed by atoms with Gasteiger partial charge < -0.3 is 19.8 Å². The molecule has 2 aliphatic rings. The van der Waals surface area contributed by atoms with E-state index in [-0.39, 0.29) is 11.6 Å². The van der Waals surface area contributed by atoms with Crippen LogP contribution >= 0.6 is 0 Å². The van der Waals surface area contributed by atoms with E-state index in [0.717, 1.165) is 5.56 Å². The zero-order valence-corrected chi connectivity index (χ0v) is 17.7. The summed E-state index contributed by atoms with van der Waals surface area (Å²) >= 11 is 0. The Morgan fingerprint density at radius 1 is 1.17 bits per heavy atom. The van der Waals surface area contributed by atoms with Gasteiger partial charge in [0.15, 0.2) is 0 Å². The lowest BCUT2D eigenvalue weighted by molar-refractivity contribution is -0.920. The van der Waals surface area contributed by atoms with Gasteiger partial charge in [-0.15, -0.1) is 0 Å². The predicted octanol–water partition coefficient (Wildman–Crippen LogP) is 1.84. The highest BCUT2D eigenvalue weighted by molar-refractivity contribution is 6.01. The molecule has 1 aliphatic heterocycles. The average Bonchev–Trinajstić information content (AvgIpc) is 2.78. The minimum Gasteiger partial charge on any atom is -0.497 e. The highest BCUT2D eigenvalue weighted by atomic mass is 16.5. The molecule has 1 aromatic rings. The van der Waals surface area contributed by atoms with Gasteiger partial charge in [-0.05, 0) is 37.1 Å². The zero-order valence-electron chi connectivity index (χ0n) is 17.7. The van der Waals surface area contributed by atoms with Gasteiger partial charge in [0.1, 0.15) is 11.5 Å². The summed E-state index contributed by atoms with van der Waals surface area (Å²) in [5.41, 5.74) is -0.395. The first-order valence-corrected chi connectivity index (χ1v) is 9.96. The Labute approximate surface area is 177 Å². The molecule has 154 valence electrons. The summed E-state index contributed by atoms with van der Waals surface area (Å²) in [6.45, 7) is 5.63. The highest BCUT2D eigenvalue weighted by Gasteiger charge is 2.58. The number of quaternary nitrogens is 1. The molecule has 7 nitrogen and oxygen atoms in total. The van der Waals surface area contributed by atoms with Gasteiger partial charge in [0.2, 0.25) is 5.41 Å². The summed E-state index contributed by atoms with van der Waals surface area (Å²) in [7, 11) is 3.13. The number of methoxy groups -OCH3 is 2. The van der Waals surface area contributed by atoms with Gasteiger partial charge in [-0.25, -0.2) is 0 Å². The van der Waals surface area contributed by atoms with Crippen molar-refractivity contribution < 1.29 is 14.4 Å². The molecule has 0 radical (unpaired) electrons. The Balaban J connectivity index is 2.25. The van der Waals surface area contributed by atoms with Crippen molar-refractivity contribution in [1.29, 1.82) is 21.2 Å². The van der Waals surface area contributed by atoms with E-state index >= 15 is 0 Å². The minimum atomic E-state index is -1.69. The summed E-state index contributed by atoms with van der Waals surface area (Å²) in [6, 6.07) is 12.2. The van der Waals surface area contributed by atoms with Crippen molar-refractivity contribution in [2.45, 2.75) is 25.8 Å². The molecule has 0 amide bonds. The quantitative estimate of drug-likeness (QED) is 0.743. The van der Waals surface area contributed by atoms with Crippen LogP contribution in [0.25, 0.3) is 0 Å². The highest BCUT2D eigenvalue weighted by Crippen LogP contribution is 2.52. The smallest absolute Gasteiger partial charge is 0.203 e. The molecule has 1 aliphatic carbocycles. The van der Waals surface area contributed by atoms with E-state index in [1.54, 1.807) is 20.3 Å². The maximum absolute atomic E-state index is 10.0. The molecule has 3 rings (SSSR count). The number of fused-ring (bicyclic) bond motifs is 1. The van der Waals surface area contributed by atoms with Crippen molar-refractivity contribution in [3.8, 4) is 29.7 Å². The van der Waals surface area contributed by atoms with E-state index in [1.807, 2.05) is 18.2 Å². The Bertz CT molecular complexity index is 994. The fraction of sp³-hybridized carbons (Fsp3) is 0.478. The molecular weight excluding hydrogens is 378 g/mol. The number of hydrogen-bond acceptors (Lipinski definition) is 6. The molecule has 1 unspecified atom stereocenters. The number of benzene rings is 1. The summed E-state index contributed by atoms with van der Waals surface area (Å²) < 4.78 is 10.9. The van der Waals surface area contributed by atoms with Gasteiger partial charge >= 0.3 is 0 Å². The lowest BCUT2D eigenvalue weighted by atomic mass is 9.55. The first kappa shape index (κ1) is 21.4. The van der Waals surface area contributed by atoms with Crippen molar-refractivity contribution in [3.05, 3.63) is 35.4 Å². The summed E-state index contributed by atoms with van der Waals surface area (Å²) in [5.74, 6) is -0.313. The maximum atomic E-state index is 10.0. The molecular formula is C23H26N5O2+. The van der Waals surface area contributed by atoms with Crippen LogP contribution in [0.5, 0.6) is 11.5 Å². The molecule has 0 spiro atoms. The topological polar surface area (TPSA) is 118 Å². The number of rotatable bonds is 4. The van der Waals surface area contributed by atoms with Crippen molar-refractivity contribution >= 4 is 5.71 Å². The molecule has 0 aromatic heterocycles. The van der Waals surface area contributed by atoms with Crippen LogP contribution in [-0.2, 0) is 0 Å². The summed E-state index contributed by atoms with van der Waals surface area (Å²) in [4.78, 5) is 1.32. The molecule has 30 heavy (non-hydrogen) atoms. The Morgan fingerprint density at radius 2 is 1.87 bits per heavy atom. The Kier molecular flexibility index (Phi) is 5.83. The second kappa shape index (κ2) is 8.19. The van der Waals surface area contributed by atoms with Crippen molar-refractivity contribution in [1.82, 2.24) is 0 Å². The lowest BCUT2D eigenvalue weighted by Gasteiger charge is -2.46. The van der Waals surface area contributed by atoms with Crippen molar-refractivity contribution in [2.24, 2.45) is 17.3 Å². The summed E-state index contributed by atoms with van der Waals surface area (Å²) in [6.07, 6.45) is 1.95. The average molecular weight is 404 g/mol. The monoisotopic (exact) mass is 404 g/mol. The fourth-order valence-electron chi connectivity index (χ4n) is 4.80. The minimum absolute atomic E-state index is 0.145. The molecule has 1 saturated carbocycles. The molecule has 7 heteroatoms. The van der Waals surface area contributed by atoms with Crippen molar-refractivity contribution in [2.75, 3.05) is 27.3 Å². The zero-order chi connectivity index (χ0) is 22.1. The van der Waals surface area contributed by atoms with E-state index in [1.165, 1.54) is 4.90 Å². The van der Waals surface area contributed by atoms with E-state index in [2.05, 4.69) is 32.1 Å². The third-order valence-corrected chi connectivity index (χ3v) is 6.50. The van der Waals surface area contributed by atoms with Crippen LogP contribution in [-0.4, -0.2) is 39.1 Å². The fourth-order valence-corrected chi connectivity index (χ4v) is 4.80. The Morgan fingerprint density at radius 3 is 2.40 bits per heavy atom. The molecule has 2 N–H and O–H groups in total. The largest absolute Gasteiger partial charge is 0.497 e. The first-order valence-electron chi connectivity index (χ1n) is 9.96. The standard InChI is InChI=1S/C23H25N5O2/c1-14(2)28-8-7-19-18(11-28)21(16-6-5-15(29-3)9-20(16)30-4)17(10-24)22(27)23(19,12-25)13-26/h5-7,9,14,17-18,21,27H,8,11H2,1-4H3/p+1/t17-,18+,21-/m1/s1. The van der Waals surface area contributed by atoms with E-state index in [9.17, 15) is 15.8 Å². The van der Waals surface area contributed by atoms with Gasteiger partial charge in [0, 0.05) is 17.9 Å². The van der Waals surface area contributed by atoms with Crippen LogP contribution < -0.4 is 14.4 Å². The second-order valence-electron chi connectivity index (χ2n) is 8.11. The van der Waals surface area contributed by atoms with Gasteiger partial charge in [-0.3, -0.25) is 0 Å². The molecule has 1 aromatic carbocycles. The number of ether oxygens (including phenoxy) is 2. The van der Waals surface area contributed by atoms with E-state index < -0.39 is 17.3 Å². The van der Waals surface area contributed by atoms with E-state index in [4.69, 9.17) is 14.9 Å². The molecule has 0 bridgehead atoms. The number of nitrogens with zero attached hydrogens (tertiary/aromatic N) is 3. The molecule has 1 heterocycles.